The topological polar surface area (TPSA) is 72.7 Å². The minimum atomic E-state index is -0.514. The van der Waals surface area contributed by atoms with E-state index in [2.05, 4.69) is 15.9 Å². The minimum absolute atomic E-state index is 0.0265. The molecule has 1 aliphatic rings. The summed E-state index contributed by atoms with van der Waals surface area (Å²) in [5.41, 5.74) is 0.186. The van der Waals surface area contributed by atoms with Crippen LogP contribution >= 0.6 is 15.9 Å². The van der Waals surface area contributed by atoms with Gasteiger partial charge in [-0.25, -0.2) is 0 Å². The van der Waals surface area contributed by atoms with Gasteiger partial charge in [-0.3, -0.25) is 14.9 Å². The number of hydrogen-bond donors (Lipinski definition) is 0. The van der Waals surface area contributed by atoms with Crippen molar-refractivity contribution in [3.05, 3.63) is 38.3 Å². The van der Waals surface area contributed by atoms with E-state index in [9.17, 15) is 14.9 Å². The van der Waals surface area contributed by atoms with Gasteiger partial charge in [0.05, 0.1) is 23.1 Å². The highest BCUT2D eigenvalue weighted by molar-refractivity contribution is 9.10. The number of nitro groups is 1. The van der Waals surface area contributed by atoms with Gasteiger partial charge in [0.2, 0.25) is 0 Å². The van der Waals surface area contributed by atoms with Crippen molar-refractivity contribution in [1.82, 2.24) is 4.90 Å². The second kappa shape index (κ2) is 5.66. The third-order valence-corrected chi connectivity index (χ3v) is 4.01. The maximum Gasteiger partial charge on any atom is 0.284 e. The van der Waals surface area contributed by atoms with E-state index in [0.29, 0.717) is 18.8 Å². The number of likely N-dealkylation sites (N-methyl/N-ethyl adjacent to an activating group) is 1. The third kappa shape index (κ3) is 2.76. The molecule has 7 heteroatoms. The molecule has 1 heterocycles. The van der Waals surface area contributed by atoms with Gasteiger partial charge in [-0.2, -0.15) is 0 Å². The molecule has 1 aromatic rings. The summed E-state index contributed by atoms with van der Waals surface area (Å²) in [6.07, 6.45) is 0.786. The van der Waals surface area contributed by atoms with Crippen molar-refractivity contribution in [1.29, 1.82) is 0 Å². The molecule has 1 amide bonds. The zero-order valence-corrected chi connectivity index (χ0v) is 11.9. The van der Waals surface area contributed by atoms with Crippen molar-refractivity contribution >= 4 is 27.5 Å². The molecule has 0 radical (unpaired) electrons. The van der Waals surface area contributed by atoms with Gasteiger partial charge in [0, 0.05) is 19.7 Å². The fourth-order valence-electron chi connectivity index (χ4n) is 2.01. The van der Waals surface area contributed by atoms with Crippen molar-refractivity contribution in [2.75, 3.05) is 20.3 Å². The van der Waals surface area contributed by atoms with Gasteiger partial charge in [0.1, 0.15) is 4.47 Å². The molecule has 19 heavy (non-hydrogen) atoms. The van der Waals surface area contributed by atoms with E-state index in [1.807, 2.05) is 0 Å². The van der Waals surface area contributed by atoms with Crippen molar-refractivity contribution in [3.8, 4) is 0 Å². The Bertz CT molecular complexity index is 514. The van der Waals surface area contributed by atoms with Crippen LogP contribution in [-0.2, 0) is 4.74 Å². The predicted octanol–water partition coefficient (Wildman–Crippen LogP) is 2.22. The molecule has 0 saturated carbocycles. The van der Waals surface area contributed by atoms with Crippen LogP contribution in [0.5, 0.6) is 0 Å². The molecule has 1 atom stereocenters. The number of ether oxygens (including phenoxy) is 1. The van der Waals surface area contributed by atoms with E-state index in [-0.39, 0.29) is 22.1 Å². The SMILES string of the molecule is CN(C(=O)c1cccc([N+](=O)[O-])c1Br)C1CCOC1. The Balaban J connectivity index is 2.28. The lowest BCUT2D eigenvalue weighted by Gasteiger charge is -2.23. The molecule has 1 unspecified atom stereocenters. The zero-order valence-electron chi connectivity index (χ0n) is 10.3. The van der Waals surface area contributed by atoms with Crippen LogP contribution in [0.3, 0.4) is 0 Å². The molecule has 1 fully saturated rings. The van der Waals surface area contributed by atoms with Crippen LogP contribution in [0.2, 0.25) is 0 Å². The van der Waals surface area contributed by atoms with Crippen LogP contribution in [-0.4, -0.2) is 42.0 Å². The highest BCUT2D eigenvalue weighted by Gasteiger charge is 2.28. The van der Waals surface area contributed by atoms with Gasteiger partial charge >= 0.3 is 0 Å². The molecular formula is C12H13BrN2O4. The van der Waals surface area contributed by atoms with Crippen LogP contribution in [0.4, 0.5) is 5.69 Å². The zero-order chi connectivity index (χ0) is 14.0. The molecule has 1 aliphatic heterocycles. The second-order valence-electron chi connectivity index (χ2n) is 4.33. The lowest BCUT2D eigenvalue weighted by Crippen LogP contribution is -2.37. The van der Waals surface area contributed by atoms with Crippen molar-refractivity contribution < 1.29 is 14.5 Å². The van der Waals surface area contributed by atoms with Gasteiger partial charge < -0.3 is 9.64 Å². The Kier molecular flexibility index (Phi) is 4.16. The molecule has 0 N–H and O–H groups in total. The molecule has 6 nitrogen and oxygen atoms in total. The Morgan fingerprint density at radius 3 is 2.89 bits per heavy atom. The van der Waals surface area contributed by atoms with Gasteiger partial charge in [0.15, 0.2) is 0 Å². The highest BCUT2D eigenvalue weighted by atomic mass is 79.9. The molecule has 0 bridgehead atoms. The van der Waals surface area contributed by atoms with Crippen LogP contribution < -0.4 is 0 Å². The summed E-state index contributed by atoms with van der Waals surface area (Å²) in [6, 6.07) is 4.47. The normalized spacial score (nSPS) is 18.3. The van der Waals surface area contributed by atoms with Crippen molar-refractivity contribution in [2.24, 2.45) is 0 Å². The molecule has 0 spiro atoms. The van der Waals surface area contributed by atoms with E-state index in [4.69, 9.17) is 4.74 Å². The predicted molar refractivity (Wildman–Crippen MR) is 72.1 cm³/mol. The van der Waals surface area contributed by atoms with E-state index < -0.39 is 4.92 Å². The van der Waals surface area contributed by atoms with Crippen LogP contribution in [0.1, 0.15) is 16.8 Å². The van der Waals surface area contributed by atoms with Gasteiger partial charge in [-0.1, -0.05) is 6.07 Å². The number of carbonyl (C=O) groups excluding carboxylic acids is 1. The molecular weight excluding hydrogens is 316 g/mol. The average molecular weight is 329 g/mol. The van der Waals surface area contributed by atoms with E-state index in [1.165, 1.54) is 12.1 Å². The van der Waals surface area contributed by atoms with Gasteiger partial charge in [-0.15, -0.1) is 0 Å². The quantitative estimate of drug-likeness (QED) is 0.630. The summed E-state index contributed by atoms with van der Waals surface area (Å²) in [7, 11) is 1.69. The summed E-state index contributed by atoms with van der Waals surface area (Å²) < 4.78 is 5.46. The first-order chi connectivity index (χ1) is 9.02. The highest BCUT2D eigenvalue weighted by Crippen LogP contribution is 2.29. The number of benzene rings is 1. The fourth-order valence-corrected chi connectivity index (χ4v) is 2.59. The lowest BCUT2D eigenvalue weighted by atomic mass is 10.1. The number of nitrogens with zero attached hydrogens (tertiary/aromatic N) is 2. The van der Waals surface area contributed by atoms with Crippen LogP contribution in [0, 0.1) is 10.1 Å². The number of carbonyl (C=O) groups is 1. The molecule has 2 rings (SSSR count). The summed E-state index contributed by atoms with van der Waals surface area (Å²) in [5.74, 6) is -0.244. The Labute approximate surface area is 118 Å². The number of nitro benzene ring substituents is 1. The van der Waals surface area contributed by atoms with Gasteiger partial charge in [0.25, 0.3) is 11.6 Å². The monoisotopic (exact) mass is 328 g/mol. The molecule has 1 saturated heterocycles. The maximum atomic E-state index is 12.3. The molecule has 0 aromatic heterocycles. The van der Waals surface area contributed by atoms with Crippen LogP contribution in [0.15, 0.2) is 22.7 Å². The van der Waals surface area contributed by atoms with Crippen molar-refractivity contribution in [2.45, 2.75) is 12.5 Å². The number of amides is 1. The Hall–Kier alpha value is -1.47. The van der Waals surface area contributed by atoms with E-state index in [0.717, 1.165) is 6.42 Å². The number of rotatable bonds is 3. The van der Waals surface area contributed by atoms with E-state index >= 15 is 0 Å². The summed E-state index contributed by atoms with van der Waals surface area (Å²) in [5, 5.41) is 10.9. The fraction of sp³-hybridized carbons (Fsp3) is 0.417. The first-order valence-electron chi connectivity index (χ1n) is 5.80. The first kappa shape index (κ1) is 14.0. The average Bonchev–Trinajstić information content (AvgIpc) is 2.90. The van der Waals surface area contributed by atoms with Gasteiger partial charge in [-0.05, 0) is 28.4 Å². The largest absolute Gasteiger partial charge is 0.379 e. The Morgan fingerprint density at radius 1 is 1.58 bits per heavy atom. The lowest BCUT2D eigenvalue weighted by molar-refractivity contribution is -0.385. The third-order valence-electron chi connectivity index (χ3n) is 3.18. The maximum absolute atomic E-state index is 12.3. The first-order valence-corrected chi connectivity index (χ1v) is 6.59. The standard InChI is InChI=1S/C12H13BrN2O4/c1-14(8-5-6-19-7-8)12(16)9-3-2-4-10(11(9)13)15(17)18/h2-4,8H,5-7H2,1H3. The summed E-state index contributed by atoms with van der Waals surface area (Å²) in [4.78, 5) is 24.3. The number of halogens is 1. The van der Waals surface area contributed by atoms with E-state index in [1.54, 1.807) is 18.0 Å². The smallest absolute Gasteiger partial charge is 0.284 e. The summed E-state index contributed by atoms with van der Waals surface area (Å²) >= 11 is 3.14. The van der Waals surface area contributed by atoms with Crippen LogP contribution in [0.25, 0.3) is 0 Å². The van der Waals surface area contributed by atoms with Crippen molar-refractivity contribution in [3.63, 3.8) is 0 Å². The Morgan fingerprint density at radius 2 is 2.32 bits per heavy atom. The summed E-state index contributed by atoms with van der Waals surface area (Å²) in [6.45, 7) is 1.15. The molecule has 102 valence electrons. The molecule has 0 aliphatic carbocycles. The minimum Gasteiger partial charge on any atom is -0.379 e. The second-order valence-corrected chi connectivity index (χ2v) is 5.12. The molecule has 1 aromatic carbocycles. The number of hydrogen-bond acceptors (Lipinski definition) is 4.